The van der Waals surface area contributed by atoms with Crippen molar-refractivity contribution in [3.63, 3.8) is 0 Å². The summed E-state index contributed by atoms with van der Waals surface area (Å²) in [6, 6.07) is 6.01. The highest BCUT2D eigenvalue weighted by Gasteiger charge is 2.16. The van der Waals surface area contributed by atoms with Gasteiger partial charge in [0.25, 0.3) is 0 Å². The molecule has 1 heterocycles. The Morgan fingerprint density at radius 3 is 2.94 bits per heavy atom. The molecule has 0 bridgehead atoms. The molecule has 96 valence electrons. The monoisotopic (exact) mass is 267 g/mol. The van der Waals surface area contributed by atoms with Crippen LogP contribution in [0.5, 0.6) is 0 Å². The van der Waals surface area contributed by atoms with E-state index in [4.69, 9.17) is 10.3 Å². The van der Waals surface area contributed by atoms with Crippen molar-refractivity contribution in [3.05, 3.63) is 36.0 Å². The quantitative estimate of drug-likeness (QED) is 0.902. The lowest BCUT2D eigenvalue weighted by molar-refractivity contribution is 0.353. The number of thioether (sulfide) groups is 1. The molecule has 0 radical (unpaired) electrons. The van der Waals surface area contributed by atoms with E-state index in [2.05, 4.69) is 10.1 Å². The number of hydrogen-bond donors (Lipinski definition) is 1. The molecule has 18 heavy (non-hydrogen) atoms. The summed E-state index contributed by atoms with van der Waals surface area (Å²) < 4.78 is 18.6. The Balaban J connectivity index is 2.18. The number of nitrogens with two attached hydrogens (primary N) is 1. The summed E-state index contributed by atoms with van der Waals surface area (Å²) in [5.74, 6) is 1.13. The zero-order valence-electron chi connectivity index (χ0n) is 9.97. The smallest absolute Gasteiger partial charge is 0.243 e. The fourth-order valence-corrected chi connectivity index (χ4v) is 2.00. The fraction of sp³-hybridized carbons (Fsp3) is 0.333. The van der Waals surface area contributed by atoms with Crippen molar-refractivity contribution in [1.82, 2.24) is 10.1 Å². The van der Waals surface area contributed by atoms with Gasteiger partial charge in [-0.2, -0.15) is 16.7 Å². The third-order valence-corrected chi connectivity index (χ3v) is 3.15. The van der Waals surface area contributed by atoms with Gasteiger partial charge < -0.3 is 10.3 Å². The molecule has 2 rings (SSSR count). The van der Waals surface area contributed by atoms with Crippen molar-refractivity contribution >= 4 is 11.8 Å². The molecule has 0 spiro atoms. The van der Waals surface area contributed by atoms with Crippen molar-refractivity contribution in [2.75, 3.05) is 12.0 Å². The third-order valence-electron chi connectivity index (χ3n) is 2.51. The molecule has 1 aromatic heterocycles. The van der Waals surface area contributed by atoms with Gasteiger partial charge in [0.1, 0.15) is 5.82 Å². The summed E-state index contributed by atoms with van der Waals surface area (Å²) in [5, 5.41) is 3.76. The minimum atomic E-state index is -0.373. The Kier molecular flexibility index (Phi) is 4.33. The van der Waals surface area contributed by atoms with Gasteiger partial charge in [0.05, 0.1) is 11.6 Å². The van der Waals surface area contributed by atoms with Crippen molar-refractivity contribution < 1.29 is 8.91 Å². The number of rotatable bonds is 5. The molecule has 0 aliphatic rings. The first-order chi connectivity index (χ1) is 8.72. The van der Waals surface area contributed by atoms with Gasteiger partial charge in [-0.1, -0.05) is 17.3 Å². The maximum absolute atomic E-state index is 13.5. The van der Waals surface area contributed by atoms with Crippen LogP contribution in [0.3, 0.4) is 0 Å². The molecule has 0 amide bonds. The first kappa shape index (κ1) is 13.0. The molecule has 4 nitrogen and oxygen atoms in total. The van der Waals surface area contributed by atoms with Crippen LogP contribution in [0.25, 0.3) is 11.4 Å². The summed E-state index contributed by atoms with van der Waals surface area (Å²) in [4.78, 5) is 4.14. The number of halogens is 1. The van der Waals surface area contributed by atoms with Crippen LogP contribution in [0.1, 0.15) is 18.4 Å². The highest BCUT2D eigenvalue weighted by molar-refractivity contribution is 7.98. The molecule has 0 fully saturated rings. The largest absolute Gasteiger partial charge is 0.337 e. The Bertz CT molecular complexity index is 518. The molecule has 2 aromatic rings. The van der Waals surface area contributed by atoms with Crippen molar-refractivity contribution in [1.29, 1.82) is 0 Å². The third kappa shape index (κ3) is 2.88. The average molecular weight is 267 g/mol. The lowest BCUT2D eigenvalue weighted by Gasteiger charge is -2.03. The number of hydrogen-bond acceptors (Lipinski definition) is 5. The second-order valence-electron chi connectivity index (χ2n) is 3.82. The lowest BCUT2D eigenvalue weighted by Crippen LogP contribution is -2.11. The van der Waals surface area contributed by atoms with Crippen LogP contribution >= 0.6 is 11.8 Å². The summed E-state index contributed by atoms with van der Waals surface area (Å²) in [6.07, 6.45) is 2.76. The van der Waals surface area contributed by atoms with Gasteiger partial charge >= 0.3 is 0 Å². The molecule has 2 N–H and O–H groups in total. The standard InChI is InChI=1S/C12H14FN3OS/c1-18-7-6-10(14)12-15-11(16-17-12)8-4-2-3-5-9(8)13/h2-5,10H,6-7,14H2,1H3. The number of nitrogens with zero attached hydrogens (tertiary/aromatic N) is 2. The summed E-state index contributed by atoms with van der Waals surface area (Å²) in [6.45, 7) is 0. The van der Waals surface area contributed by atoms with Crippen molar-refractivity contribution in [2.24, 2.45) is 5.73 Å². The van der Waals surface area contributed by atoms with Crippen LogP contribution in [0, 0.1) is 5.82 Å². The van der Waals surface area contributed by atoms with Crippen molar-refractivity contribution in [2.45, 2.75) is 12.5 Å². The van der Waals surface area contributed by atoms with Gasteiger partial charge in [0, 0.05) is 0 Å². The fourth-order valence-electron chi connectivity index (χ4n) is 1.51. The summed E-state index contributed by atoms with van der Waals surface area (Å²) in [5.41, 5.74) is 6.23. The molecule has 0 aliphatic carbocycles. The first-order valence-electron chi connectivity index (χ1n) is 5.55. The molecule has 1 atom stereocenters. The molecule has 1 unspecified atom stereocenters. The summed E-state index contributed by atoms with van der Waals surface area (Å²) >= 11 is 1.70. The lowest BCUT2D eigenvalue weighted by atomic mass is 10.2. The van der Waals surface area contributed by atoms with E-state index in [1.807, 2.05) is 6.26 Å². The average Bonchev–Trinajstić information content (AvgIpc) is 2.86. The Morgan fingerprint density at radius 2 is 2.22 bits per heavy atom. The molecule has 0 saturated carbocycles. The highest BCUT2D eigenvalue weighted by Crippen LogP contribution is 2.22. The predicted octanol–water partition coefficient (Wildman–Crippen LogP) is 2.63. The second kappa shape index (κ2) is 5.97. The summed E-state index contributed by atoms with van der Waals surface area (Å²) in [7, 11) is 0. The van der Waals surface area contributed by atoms with Gasteiger partial charge in [-0.05, 0) is 30.6 Å². The second-order valence-corrected chi connectivity index (χ2v) is 4.81. The molecule has 0 aliphatic heterocycles. The molecule has 6 heteroatoms. The van der Waals surface area contributed by atoms with Crippen LogP contribution < -0.4 is 5.73 Å². The van der Waals surface area contributed by atoms with E-state index in [1.165, 1.54) is 6.07 Å². The van der Waals surface area contributed by atoms with Gasteiger partial charge in [0.15, 0.2) is 0 Å². The minimum Gasteiger partial charge on any atom is -0.337 e. The van der Waals surface area contributed by atoms with Gasteiger partial charge in [-0.3, -0.25) is 0 Å². The normalized spacial score (nSPS) is 12.6. The number of benzene rings is 1. The molecular formula is C12H14FN3OS. The maximum atomic E-state index is 13.5. The first-order valence-corrected chi connectivity index (χ1v) is 6.94. The molecule has 1 aromatic carbocycles. The molecule has 0 saturated heterocycles. The maximum Gasteiger partial charge on any atom is 0.243 e. The van der Waals surface area contributed by atoms with E-state index in [9.17, 15) is 4.39 Å². The molecular weight excluding hydrogens is 253 g/mol. The van der Waals surface area contributed by atoms with Crippen LogP contribution in [-0.2, 0) is 0 Å². The topological polar surface area (TPSA) is 64.9 Å². The van der Waals surface area contributed by atoms with E-state index in [1.54, 1.807) is 30.0 Å². The van der Waals surface area contributed by atoms with E-state index >= 15 is 0 Å². The van der Waals surface area contributed by atoms with Gasteiger partial charge in [0.2, 0.25) is 11.7 Å². The van der Waals surface area contributed by atoms with Gasteiger partial charge in [-0.25, -0.2) is 4.39 Å². The highest BCUT2D eigenvalue weighted by atomic mass is 32.2. The zero-order chi connectivity index (χ0) is 13.0. The van der Waals surface area contributed by atoms with E-state index in [-0.39, 0.29) is 17.7 Å². The number of aromatic nitrogens is 2. The van der Waals surface area contributed by atoms with E-state index in [0.717, 1.165) is 12.2 Å². The van der Waals surface area contributed by atoms with Crippen LogP contribution in [0.4, 0.5) is 4.39 Å². The Hall–Kier alpha value is -1.40. The van der Waals surface area contributed by atoms with E-state index < -0.39 is 0 Å². The van der Waals surface area contributed by atoms with E-state index in [0.29, 0.717) is 11.5 Å². The SMILES string of the molecule is CSCCC(N)c1nc(-c2ccccc2F)no1. The van der Waals surface area contributed by atoms with Crippen LogP contribution in [0.2, 0.25) is 0 Å². The van der Waals surface area contributed by atoms with Crippen LogP contribution in [0.15, 0.2) is 28.8 Å². The van der Waals surface area contributed by atoms with Crippen LogP contribution in [-0.4, -0.2) is 22.1 Å². The Morgan fingerprint density at radius 1 is 1.44 bits per heavy atom. The minimum absolute atomic E-state index is 0.239. The Labute approximate surface area is 109 Å². The van der Waals surface area contributed by atoms with Gasteiger partial charge in [-0.15, -0.1) is 0 Å². The zero-order valence-corrected chi connectivity index (χ0v) is 10.8. The predicted molar refractivity (Wildman–Crippen MR) is 69.6 cm³/mol. The van der Waals surface area contributed by atoms with Crippen molar-refractivity contribution in [3.8, 4) is 11.4 Å².